The van der Waals surface area contributed by atoms with Crippen LogP contribution in [0, 0.1) is 25.2 Å². The van der Waals surface area contributed by atoms with Gasteiger partial charge in [0.25, 0.3) is 0 Å². The Morgan fingerprint density at radius 3 is 2.48 bits per heavy atom. The molecule has 1 aromatic heterocycles. The fourth-order valence-electron chi connectivity index (χ4n) is 2.84. The zero-order valence-corrected chi connectivity index (χ0v) is 17.1. The number of amides is 1. The number of thioether (sulfide) groups is 1. The van der Waals surface area contributed by atoms with Gasteiger partial charge in [-0.2, -0.15) is 5.26 Å². The number of benzene rings is 2. The third kappa shape index (κ3) is 4.55. The van der Waals surface area contributed by atoms with E-state index in [9.17, 15) is 14.9 Å². The number of carbonyl (C=O) groups is 2. The molecule has 0 radical (unpaired) electrons. The van der Waals surface area contributed by atoms with E-state index in [2.05, 4.69) is 21.1 Å². The standard InChI is InChI=1S/C22H19N3O3S/c1-13-4-5-14(2)20-18(13)10-16(11-23)21(25-20)29-12-19(26)24-17-8-6-15(7-9-17)22(27)28-3/h4-10H,12H2,1-3H3,(H,24,26). The number of esters is 1. The molecule has 6 nitrogen and oxygen atoms in total. The fourth-order valence-corrected chi connectivity index (χ4v) is 3.60. The lowest BCUT2D eigenvalue weighted by Crippen LogP contribution is -2.14. The molecule has 0 unspecified atom stereocenters. The number of nitrogens with one attached hydrogen (secondary N) is 1. The van der Waals surface area contributed by atoms with Gasteiger partial charge in [-0.25, -0.2) is 9.78 Å². The number of anilines is 1. The van der Waals surface area contributed by atoms with Crippen LogP contribution in [-0.4, -0.2) is 29.7 Å². The lowest BCUT2D eigenvalue weighted by molar-refractivity contribution is -0.113. The number of nitrogens with zero attached hydrogens (tertiary/aromatic N) is 2. The van der Waals surface area contributed by atoms with Crippen molar-refractivity contribution in [3.63, 3.8) is 0 Å². The van der Waals surface area contributed by atoms with Crippen molar-refractivity contribution < 1.29 is 14.3 Å². The van der Waals surface area contributed by atoms with Crippen LogP contribution in [-0.2, 0) is 9.53 Å². The van der Waals surface area contributed by atoms with Crippen LogP contribution in [0.2, 0.25) is 0 Å². The molecule has 1 amide bonds. The topological polar surface area (TPSA) is 92.1 Å². The van der Waals surface area contributed by atoms with Crippen LogP contribution in [0.3, 0.4) is 0 Å². The highest BCUT2D eigenvalue weighted by Gasteiger charge is 2.13. The molecule has 29 heavy (non-hydrogen) atoms. The lowest BCUT2D eigenvalue weighted by Gasteiger charge is -2.10. The summed E-state index contributed by atoms with van der Waals surface area (Å²) in [7, 11) is 1.31. The van der Waals surface area contributed by atoms with Gasteiger partial charge in [-0.15, -0.1) is 0 Å². The van der Waals surface area contributed by atoms with Crippen molar-refractivity contribution in [2.24, 2.45) is 0 Å². The number of hydrogen-bond donors (Lipinski definition) is 1. The Morgan fingerprint density at radius 2 is 1.83 bits per heavy atom. The molecule has 3 aromatic rings. The van der Waals surface area contributed by atoms with Crippen LogP contribution >= 0.6 is 11.8 Å². The van der Waals surface area contributed by atoms with E-state index in [0.29, 0.717) is 21.8 Å². The van der Waals surface area contributed by atoms with Gasteiger partial charge in [0.1, 0.15) is 11.1 Å². The molecule has 7 heteroatoms. The highest BCUT2D eigenvalue weighted by molar-refractivity contribution is 8.00. The summed E-state index contributed by atoms with van der Waals surface area (Å²) >= 11 is 1.22. The maximum Gasteiger partial charge on any atom is 0.337 e. The Kier molecular flexibility index (Phi) is 6.15. The minimum absolute atomic E-state index is 0.108. The molecule has 0 atom stereocenters. The number of nitriles is 1. The van der Waals surface area contributed by atoms with Crippen LogP contribution in [0.1, 0.15) is 27.0 Å². The molecule has 0 bridgehead atoms. The molecule has 0 aliphatic heterocycles. The summed E-state index contributed by atoms with van der Waals surface area (Å²) in [5.41, 5.74) is 4.34. The second kappa shape index (κ2) is 8.76. The zero-order chi connectivity index (χ0) is 21.0. The van der Waals surface area contributed by atoms with E-state index in [-0.39, 0.29) is 11.7 Å². The Morgan fingerprint density at radius 1 is 1.14 bits per heavy atom. The first-order chi connectivity index (χ1) is 13.9. The van der Waals surface area contributed by atoms with Gasteiger partial charge >= 0.3 is 5.97 Å². The number of methoxy groups -OCH3 is 1. The predicted octanol–water partition coefficient (Wildman–Crippen LogP) is 4.24. The van der Waals surface area contributed by atoms with Crippen LogP contribution in [0.5, 0.6) is 0 Å². The van der Waals surface area contributed by atoms with E-state index in [1.54, 1.807) is 24.3 Å². The van der Waals surface area contributed by atoms with Crippen molar-refractivity contribution in [3.8, 4) is 6.07 Å². The average Bonchev–Trinajstić information content (AvgIpc) is 2.74. The smallest absolute Gasteiger partial charge is 0.337 e. The largest absolute Gasteiger partial charge is 0.465 e. The van der Waals surface area contributed by atoms with E-state index >= 15 is 0 Å². The maximum atomic E-state index is 12.3. The molecule has 1 N–H and O–H groups in total. The monoisotopic (exact) mass is 405 g/mol. The Labute approximate surface area is 172 Å². The van der Waals surface area contributed by atoms with Crippen molar-refractivity contribution in [1.82, 2.24) is 4.98 Å². The van der Waals surface area contributed by atoms with Gasteiger partial charge in [0.2, 0.25) is 5.91 Å². The number of fused-ring (bicyclic) bond motifs is 1. The Hall–Kier alpha value is -3.37. The lowest BCUT2D eigenvalue weighted by atomic mass is 10.0. The number of rotatable bonds is 5. The molecule has 0 spiro atoms. The van der Waals surface area contributed by atoms with E-state index < -0.39 is 5.97 Å². The summed E-state index contributed by atoms with van der Waals surface area (Å²) in [4.78, 5) is 28.4. The van der Waals surface area contributed by atoms with Gasteiger partial charge in [0.15, 0.2) is 0 Å². The third-order valence-electron chi connectivity index (χ3n) is 4.42. The molecular formula is C22H19N3O3S. The van der Waals surface area contributed by atoms with Gasteiger partial charge in [0.05, 0.1) is 29.5 Å². The number of pyridine rings is 1. The van der Waals surface area contributed by atoms with Gasteiger partial charge < -0.3 is 10.1 Å². The normalized spacial score (nSPS) is 10.4. The number of aryl methyl sites for hydroxylation is 2. The first-order valence-corrected chi connectivity index (χ1v) is 9.83. The second-order valence-corrected chi connectivity index (χ2v) is 7.42. The van der Waals surface area contributed by atoms with Crippen LogP contribution < -0.4 is 5.32 Å². The van der Waals surface area contributed by atoms with E-state index in [0.717, 1.165) is 22.0 Å². The second-order valence-electron chi connectivity index (χ2n) is 6.45. The van der Waals surface area contributed by atoms with E-state index in [1.165, 1.54) is 18.9 Å². The van der Waals surface area contributed by atoms with Gasteiger partial charge in [-0.3, -0.25) is 4.79 Å². The van der Waals surface area contributed by atoms with Crippen molar-refractivity contribution in [2.45, 2.75) is 18.9 Å². The molecule has 0 fully saturated rings. The van der Waals surface area contributed by atoms with Crippen LogP contribution in [0.25, 0.3) is 10.9 Å². The minimum atomic E-state index is -0.435. The number of ether oxygens (including phenoxy) is 1. The summed E-state index contributed by atoms with van der Waals surface area (Å²) in [6, 6.07) is 14.4. The van der Waals surface area contributed by atoms with Crippen molar-refractivity contribution >= 4 is 40.2 Å². The summed E-state index contributed by atoms with van der Waals surface area (Å²) in [6.07, 6.45) is 0. The molecule has 2 aromatic carbocycles. The van der Waals surface area contributed by atoms with Crippen LogP contribution in [0.4, 0.5) is 5.69 Å². The van der Waals surface area contributed by atoms with Crippen molar-refractivity contribution in [3.05, 3.63) is 64.7 Å². The minimum Gasteiger partial charge on any atom is -0.465 e. The molecule has 3 rings (SSSR count). The maximum absolute atomic E-state index is 12.3. The molecule has 0 aliphatic carbocycles. The average molecular weight is 405 g/mol. The first kappa shape index (κ1) is 20.4. The van der Waals surface area contributed by atoms with Gasteiger partial charge in [-0.1, -0.05) is 23.9 Å². The highest BCUT2D eigenvalue weighted by atomic mass is 32.2. The summed E-state index contributed by atoms with van der Waals surface area (Å²) in [5, 5.41) is 13.7. The Balaban J connectivity index is 1.73. The third-order valence-corrected chi connectivity index (χ3v) is 5.41. The first-order valence-electron chi connectivity index (χ1n) is 8.85. The molecule has 1 heterocycles. The SMILES string of the molecule is COC(=O)c1ccc(NC(=O)CSc2nc3c(C)ccc(C)c3cc2C#N)cc1. The summed E-state index contributed by atoms with van der Waals surface area (Å²) < 4.78 is 4.65. The molecule has 0 aliphatic rings. The van der Waals surface area contributed by atoms with E-state index in [4.69, 9.17) is 0 Å². The van der Waals surface area contributed by atoms with Gasteiger partial charge in [-0.05, 0) is 55.3 Å². The van der Waals surface area contributed by atoms with Crippen molar-refractivity contribution in [1.29, 1.82) is 5.26 Å². The zero-order valence-electron chi connectivity index (χ0n) is 16.3. The van der Waals surface area contributed by atoms with E-state index in [1.807, 2.05) is 32.0 Å². The summed E-state index contributed by atoms with van der Waals surface area (Å²) in [6.45, 7) is 3.95. The summed E-state index contributed by atoms with van der Waals surface area (Å²) in [5.74, 6) is -0.556. The van der Waals surface area contributed by atoms with Gasteiger partial charge in [0, 0.05) is 11.1 Å². The Bertz CT molecular complexity index is 1130. The van der Waals surface area contributed by atoms with Crippen LogP contribution in [0.15, 0.2) is 47.5 Å². The number of hydrogen-bond acceptors (Lipinski definition) is 6. The number of aromatic nitrogens is 1. The van der Waals surface area contributed by atoms with Crippen molar-refractivity contribution in [2.75, 3.05) is 18.2 Å². The number of carbonyl (C=O) groups excluding carboxylic acids is 2. The molecule has 0 saturated carbocycles. The predicted molar refractivity (Wildman–Crippen MR) is 113 cm³/mol. The quantitative estimate of drug-likeness (QED) is 0.504. The fraction of sp³-hybridized carbons (Fsp3) is 0.182. The molecule has 146 valence electrons. The highest BCUT2D eigenvalue weighted by Crippen LogP contribution is 2.28. The molecule has 0 saturated heterocycles. The molecular weight excluding hydrogens is 386 g/mol.